The lowest BCUT2D eigenvalue weighted by molar-refractivity contribution is 0.0342. The lowest BCUT2D eigenvalue weighted by Crippen LogP contribution is -2.34. The van der Waals surface area contributed by atoms with E-state index in [1.165, 1.54) is 5.56 Å². The van der Waals surface area contributed by atoms with Crippen LogP contribution in [0.5, 0.6) is 0 Å². The molecule has 0 fully saturated rings. The van der Waals surface area contributed by atoms with Crippen LogP contribution in [-0.2, 0) is 4.74 Å². The van der Waals surface area contributed by atoms with Crippen molar-refractivity contribution in [1.82, 2.24) is 0 Å². The Balaban J connectivity index is 2.66. The maximum absolute atomic E-state index is 10.7. The SMILES string of the molecule is CC(C)(C[C@@H](CN)c1ccsc1)OC(N)=O. The third kappa shape index (κ3) is 3.83. The molecule has 0 saturated carbocycles. The van der Waals surface area contributed by atoms with E-state index < -0.39 is 11.7 Å². The molecule has 1 amide bonds. The van der Waals surface area contributed by atoms with Gasteiger partial charge in [0.05, 0.1) is 0 Å². The van der Waals surface area contributed by atoms with Crippen LogP contribution in [0.1, 0.15) is 31.7 Å². The highest BCUT2D eigenvalue weighted by atomic mass is 32.1. The fraction of sp³-hybridized carbons (Fsp3) is 0.545. The average molecular weight is 242 g/mol. The maximum atomic E-state index is 10.7. The Morgan fingerprint density at radius 1 is 1.62 bits per heavy atom. The van der Waals surface area contributed by atoms with Gasteiger partial charge in [0.25, 0.3) is 0 Å². The molecule has 0 aromatic carbocycles. The van der Waals surface area contributed by atoms with Gasteiger partial charge in [0.15, 0.2) is 0 Å². The van der Waals surface area contributed by atoms with E-state index in [4.69, 9.17) is 16.2 Å². The third-order valence-corrected chi connectivity index (χ3v) is 3.12. The van der Waals surface area contributed by atoms with Crippen molar-refractivity contribution in [2.24, 2.45) is 11.5 Å². The van der Waals surface area contributed by atoms with Gasteiger partial charge in [-0.15, -0.1) is 0 Å². The molecule has 0 bridgehead atoms. The second kappa shape index (κ2) is 5.32. The molecule has 0 radical (unpaired) electrons. The fourth-order valence-electron chi connectivity index (χ4n) is 1.75. The summed E-state index contributed by atoms with van der Waals surface area (Å²) in [7, 11) is 0. The van der Waals surface area contributed by atoms with E-state index in [1.807, 2.05) is 25.3 Å². The van der Waals surface area contributed by atoms with Crippen LogP contribution in [0.15, 0.2) is 16.8 Å². The topological polar surface area (TPSA) is 78.3 Å². The minimum Gasteiger partial charge on any atom is -0.444 e. The van der Waals surface area contributed by atoms with Crippen LogP contribution in [0.3, 0.4) is 0 Å². The summed E-state index contributed by atoms with van der Waals surface area (Å²) in [4.78, 5) is 10.7. The van der Waals surface area contributed by atoms with Gasteiger partial charge in [0.2, 0.25) is 0 Å². The summed E-state index contributed by atoms with van der Waals surface area (Å²) in [6, 6.07) is 2.04. The first-order chi connectivity index (χ1) is 7.44. The highest BCUT2D eigenvalue weighted by Gasteiger charge is 2.26. The molecule has 0 unspecified atom stereocenters. The molecule has 0 spiro atoms. The number of nitrogens with two attached hydrogens (primary N) is 2. The average Bonchev–Trinajstić information content (AvgIpc) is 2.64. The lowest BCUT2D eigenvalue weighted by Gasteiger charge is -2.28. The number of hydrogen-bond donors (Lipinski definition) is 2. The standard InChI is InChI=1S/C11H18N2O2S/c1-11(2,15-10(13)14)5-9(6-12)8-3-4-16-7-8/h3-4,7,9H,5-6,12H2,1-2H3,(H2,13,14)/t9-/m0/s1. The molecule has 0 saturated heterocycles. The Labute approximate surface area is 99.6 Å². The monoisotopic (exact) mass is 242 g/mol. The largest absolute Gasteiger partial charge is 0.444 e. The molecule has 0 aliphatic carbocycles. The van der Waals surface area contributed by atoms with Gasteiger partial charge in [0, 0.05) is 5.92 Å². The number of amides is 1. The Hall–Kier alpha value is -1.07. The Kier molecular flexibility index (Phi) is 4.32. The molecule has 90 valence electrons. The number of carbonyl (C=O) groups excluding carboxylic acids is 1. The molecule has 1 atom stereocenters. The van der Waals surface area contributed by atoms with Gasteiger partial charge in [-0.25, -0.2) is 4.79 Å². The van der Waals surface area contributed by atoms with Crippen molar-refractivity contribution in [3.05, 3.63) is 22.4 Å². The zero-order valence-electron chi connectivity index (χ0n) is 9.60. The van der Waals surface area contributed by atoms with Crippen molar-refractivity contribution in [1.29, 1.82) is 0 Å². The van der Waals surface area contributed by atoms with E-state index >= 15 is 0 Å². The Morgan fingerprint density at radius 3 is 2.75 bits per heavy atom. The van der Waals surface area contributed by atoms with Crippen LogP contribution < -0.4 is 11.5 Å². The van der Waals surface area contributed by atoms with Crippen molar-refractivity contribution >= 4 is 17.4 Å². The lowest BCUT2D eigenvalue weighted by atomic mass is 9.89. The Bertz CT molecular complexity index is 336. The molecule has 4 N–H and O–H groups in total. The summed E-state index contributed by atoms with van der Waals surface area (Å²) >= 11 is 1.64. The molecule has 16 heavy (non-hydrogen) atoms. The van der Waals surface area contributed by atoms with E-state index in [0.29, 0.717) is 13.0 Å². The minimum absolute atomic E-state index is 0.195. The molecule has 1 aromatic heterocycles. The van der Waals surface area contributed by atoms with Gasteiger partial charge in [-0.05, 0) is 49.2 Å². The molecule has 5 heteroatoms. The van der Waals surface area contributed by atoms with Crippen molar-refractivity contribution in [2.75, 3.05) is 6.54 Å². The van der Waals surface area contributed by atoms with Gasteiger partial charge in [-0.3, -0.25) is 0 Å². The van der Waals surface area contributed by atoms with Gasteiger partial charge in [0.1, 0.15) is 5.60 Å². The second-order valence-electron chi connectivity index (χ2n) is 4.37. The third-order valence-electron chi connectivity index (χ3n) is 2.41. The molecule has 0 aliphatic rings. The number of rotatable bonds is 5. The van der Waals surface area contributed by atoms with Gasteiger partial charge >= 0.3 is 6.09 Å². The van der Waals surface area contributed by atoms with Gasteiger partial charge in [-0.1, -0.05) is 0 Å². The predicted molar refractivity (Wildman–Crippen MR) is 65.5 cm³/mol. The highest BCUT2D eigenvalue weighted by molar-refractivity contribution is 7.07. The van der Waals surface area contributed by atoms with Crippen molar-refractivity contribution in [2.45, 2.75) is 31.8 Å². The molecule has 1 rings (SSSR count). The zero-order chi connectivity index (χ0) is 12.2. The van der Waals surface area contributed by atoms with Crippen molar-refractivity contribution in [3.8, 4) is 0 Å². The molecular weight excluding hydrogens is 224 g/mol. The molecule has 4 nitrogen and oxygen atoms in total. The van der Waals surface area contributed by atoms with Gasteiger partial charge in [-0.2, -0.15) is 11.3 Å². The molecule has 1 heterocycles. The van der Waals surface area contributed by atoms with E-state index in [-0.39, 0.29) is 5.92 Å². The normalized spacial score (nSPS) is 13.4. The van der Waals surface area contributed by atoms with Crippen molar-refractivity contribution in [3.63, 3.8) is 0 Å². The summed E-state index contributed by atoms with van der Waals surface area (Å²) in [5.74, 6) is 0.195. The van der Waals surface area contributed by atoms with Crippen LogP contribution in [-0.4, -0.2) is 18.2 Å². The maximum Gasteiger partial charge on any atom is 0.405 e. The van der Waals surface area contributed by atoms with E-state index in [2.05, 4.69) is 5.38 Å². The summed E-state index contributed by atoms with van der Waals surface area (Å²) < 4.78 is 5.05. The van der Waals surface area contributed by atoms with E-state index in [9.17, 15) is 4.79 Å². The second-order valence-corrected chi connectivity index (χ2v) is 5.15. The minimum atomic E-state index is -0.744. The van der Waals surface area contributed by atoms with Crippen LogP contribution >= 0.6 is 11.3 Å². The summed E-state index contributed by atoms with van der Waals surface area (Å²) in [5.41, 5.74) is 11.4. The zero-order valence-corrected chi connectivity index (χ0v) is 10.4. The van der Waals surface area contributed by atoms with E-state index in [0.717, 1.165) is 0 Å². The van der Waals surface area contributed by atoms with Crippen LogP contribution in [0, 0.1) is 0 Å². The number of carbonyl (C=O) groups is 1. The number of primary amides is 1. The quantitative estimate of drug-likeness (QED) is 0.829. The first-order valence-electron chi connectivity index (χ1n) is 5.15. The highest BCUT2D eigenvalue weighted by Crippen LogP contribution is 2.28. The fourth-order valence-corrected chi connectivity index (χ4v) is 2.49. The number of thiophene rings is 1. The summed E-state index contributed by atoms with van der Waals surface area (Å²) in [6.45, 7) is 4.21. The van der Waals surface area contributed by atoms with Gasteiger partial charge < -0.3 is 16.2 Å². The molecule has 0 aliphatic heterocycles. The number of hydrogen-bond acceptors (Lipinski definition) is 4. The first kappa shape index (κ1) is 13.0. The van der Waals surface area contributed by atoms with E-state index in [1.54, 1.807) is 11.3 Å². The first-order valence-corrected chi connectivity index (χ1v) is 6.09. The van der Waals surface area contributed by atoms with Crippen LogP contribution in [0.2, 0.25) is 0 Å². The van der Waals surface area contributed by atoms with Crippen molar-refractivity contribution < 1.29 is 9.53 Å². The van der Waals surface area contributed by atoms with Crippen LogP contribution in [0.25, 0.3) is 0 Å². The number of ether oxygens (including phenoxy) is 1. The molecular formula is C11H18N2O2S. The summed E-state index contributed by atoms with van der Waals surface area (Å²) in [5, 5.41) is 4.08. The summed E-state index contributed by atoms with van der Waals surface area (Å²) in [6.07, 6.45) is -0.0745. The molecule has 1 aromatic rings. The predicted octanol–water partition coefficient (Wildman–Crippen LogP) is 2.05. The Morgan fingerprint density at radius 2 is 2.31 bits per heavy atom. The smallest absolute Gasteiger partial charge is 0.405 e. The van der Waals surface area contributed by atoms with Crippen LogP contribution in [0.4, 0.5) is 4.79 Å².